The first kappa shape index (κ1) is 24.9. The Balaban J connectivity index is 1.68. The maximum Gasteiger partial charge on any atom is 0.508 e. The number of alkyl halides is 1. The number of allylic oxidation sites excluding steroid dienone is 3. The minimum Gasteiger partial charge on any atom is -0.438 e. The SMILES string of the molecule is COC(=O)OC1CC2=CC=C3[C@@H]4CC[C@H](C(C)CI)[C@@]4(C)CC[C@@H]3[C@@]2(C)C(OC(=O)OC)C1. The molecule has 0 aromatic heterocycles. The average Bonchev–Trinajstić information content (AvgIpc) is 3.16. The summed E-state index contributed by atoms with van der Waals surface area (Å²) in [5, 5.41) is 0. The summed E-state index contributed by atoms with van der Waals surface area (Å²) in [7, 11) is 2.64. The van der Waals surface area contributed by atoms with Crippen LogP contribution < -0.4 is 0 Å². The molecule has 8 atom stereocenters. The third kappa shape index (κ3) is 4.10. The Kier molecular flexibility index (Phi) is 7.10. The Bertz CT molecular complexity index is 852. The topological polar surface area (TPSA) is 71.1 Å². The summed E-state index contributed by atoms with van der Waals surface area (Å²) in [4.78, 5) is 24.0. The van der Waals surface area contributed by atoms with Crippen LogP contribution in [0.1, 0.15) is 59.3 Å². The van der Waals surface area contributed by atoms with Crippen molar-refractivity contribution in [2.45, 2.75) is 71.5 Å². The third-order valence-electron chi connectivity index (χ3n) is 9.44. The van der Waals surface area contributed by atoms with Crippen LogP contribution >= 0.6 is 22.6 Å². The third-order valence-corrected chi connectivity index (χ3v) is 10.8. The van der Waals surface area contributed by atoms with E-state index in [1.165, 1.54) is 49.1 Å². The van der Waals surface area contributed by atoms with E-state index in [9.17, 15) is 9.59 Å². The lowest BCUT2D eigenvalue weighted by Crippen LogP contribution is -2.54. The second-order valence-electron chi connectivity index (χ2n) is 10.8. The number of fused-ring (bicyclic) bond motifs is 5. The van der Waals surface area contributed by atoms with Gasteiger partial charge in [-0.3, -0.25) is 0 Å². The molecule has 0 N–H and O–H groups in total. The molecule has 4 rings (SSSR count). The molecule has 6 nitrogen and oxygen atoms in total. The van der Waals surface area contributed by atoms with Crippen molar-refractivity contribution in [1.29, 1.82) is 0 Å². The van der Waals surface area contributed by atoms with Gasteiger partial charge in [0, 0.05) is 22.7 Å². The van der Waals surface area contributed by atoms with E-state index < -0.39 is 24.5 Å². The van der Waals surface area contributed by atoms with Crippen molar-refractivity contribution >= 4 is 34.9 Å². The molecule has 0 aliphatic heterocycles. The summed E-state index contributed by atoms with van der Waals surface area (Å²) < 4.78 is 22.1. The van der Waals surface area contributed by atoms with Crippen LogP contribution in [0.4, 0.5) is 9.59 Å². The predicted octanol–water partition coefficient (Wildman–Crippen LogP) is 6.47. The van der Waals surface area contributed by atoms with Gasteiger partial charge >= 0.3 is 12.3 Å². The minimum absolute atomic E-state index is 0.318. The van der Waals surface area contributed by atoms with Gasteiger partial charge in [-0.25, -0.2) is 9.59 Å². The van der Waals surface area contributed by atoms with E-state index in [2.05, 4.69) is 55.5 Å². The smallest absolute Gasteiger partial charge is 0.438 e. The van der Waals surface area contributed by atoms with Crippen LogP contribution in [-0.4, -0.2) is 43.2 Å². The largest absolute Gasteiger partial charge is 0.508 e. The molecule has 0 amide bonds. The van der Waals surface area contributed by atoms with Crippen molar-refractivity contribution in [1.82, 2.24) is 0 Å². The van der Waals surface area contributed by atoms with Crippen LogP contribution in [0.15, 0.2) is 23.3 Å². The monoisotopic (exact) mass is 572 g/mol. The van der Waals surface area contributed by atoms with E-state index in [1.807, 2.05) is 0 Å². The molecule has 3 saturated carbocycles. The summed E-state index contributed by atoms with van der Waals surface area (Å²) in [6.45, 7) is 7.16. The summed E-state index contributed by atoms with van der Waals surface area (Å²) in [6, 6.07) is 0. The van der Waals surface area contributed by atoms with Crippen molar-refractivity contribution in [2.24, 2.45) is 34.5 Å². The fourth-order valence-corrected chi connectivity index (χ4v) is 8.31. The van der Waals surface area contributed by atoms with E-state index in [4.69, 9.17) is 18.9 Å². The highest BCUT2D eigenvalue weighted by Gasteiger charge is 2.60. The summed E-state index contributed by atoms with van der Waals surface area (Å²) in [6.07, 6.45) is 8.22. The molecule has 7 heteroatoms. The molecular weight excluding hydrogens is 535 g/mol. The Labute approximate surface area is 210 Å². The van der Waals surface area contributed by atoms with Crippen molar-refractivity contribution in [2.75, 3.05) is 18.6 Å². The molecule has 0 bridgehead atoms. The van der Waals surface area contributed by atoms with Crippen molar-refractivity contribution in [3.8, 4) is 0 Å². The highest BCUT2D eigenvalue weighted by Crippen LogP contribution is 2.66. The van der Waals surface area contributed by atoms with Gasteiger partial charge < -0.3 is 18.9 Å². The van der Waals surface area contributed by atoms with Crippen LogP contribution in [0, 0.1) is 34.5 Å². The molecule has 0 saturated heterocycles. The van der Waals surface area contributed by atoms with Crippen LogP contribution in [0.3, 0.4) is 0 Å². The maximum atomic E-state index is 12.2. The Morgan fingerprint density at radius 2 is 1.76 bits per heavy atom. The number of rotatable bonds is 4. The molecule has 4 aliphatic rings. The van der Waals surface area contributed by atoms with Gasteiger partial charge in [0.25, 0.3) is 0 Å². The van der Waals surface area contributed by atoms with Crippen molar-refractivity contribution < 1.29 is 28.5 Å². The quantitative estimate of drug-likeness (QED) is 0.219. The summed E-state index contributed by atoms with van der Waals surface area (Å²) in [5.74, 6) is 2.37. The molecule has 0 aromatic rings. The Hall–Kier alpha value is -1.25. The highest BCUT2D eigenvalue weighted by atomic mass is 127. The van der Waals surface area contributed by atoms with E-state index in [0.717, 1.165) is 18.3 Å². The standard InChI is InChI=1S/C26H37IO6/c1-15(14-27)19-8-9-20-18-7-6-16-12-17(32-23(28)30-4)13-22(33-24(29)31-5)26(16,3)21(18)10-11-25(19,20)2/h6-7,15,17,19-22H,8-14H2,1-5H3/t15?,17?,19-,20+,21+,22?,25-,26+/m1/s1. The van der Waals surface area contributed by atoms with Crippen LogP contribution in [-0.2, 0) is 18.9 Å². The lowest BCUT2D eigenvalue weighted by Gasteiger charge is -2.57. The fourth-order valence-electron chi connectivity index (χ4n) is 7.70. The van der Waals surface area contributed by atoms with Crippen LogP contribution in [0.2, 0.25) is 0 Å². The summed E-state index contributed by atoms with van der Waals surface area (Å²) in [5.41, 5.74) is 2.72. The average molecular weight is 572 g/mol. The Morgan fingerprint density at radius 1 is 1.06 bits per heavy atom. The first-order valence-electron chi connectivity index (χ1n) is 12.1. The number of carbonyl (C=O) groups excluding carboxylic acids is 2. The molecule has 0 spiro atoms. The van der Waals surface area contributed by atoms with Gasteiger partial charge in [-0.2, -0.15) is 0 Å². The van der Waals surface area contributed by atoms with E-state index >= 15 is 0 Å². The maximum absolute atomic E-state index is 12.2. The van der Waals surface area contributed by atoms with Gasteiger partial charge in [-0.1, -0.05) is 66.7 Å². The van der Waals surface area contributed by atoms with Gasteiger partial charge in [0.1, 0.15) is 12.2 Å². The van der Waals surface area contributed by atoms with Gasteiger partial charge in [-0.05, 0) is 54.8 Å². The number of ether oxygens (including phenoxy) is 4. The Morgan fingerprint density at radius 3 is 2.42 bits per heavy atom. The fraction of sp³-hybridized carbons (Fsp3) is 0.769. The lowest BCUT2D eigenvalue weighted by atomic mass is 9.49. The van der Waals surface area contributed by atoms with E-state index in [1.54, 1.807) is 0 Å². The van der Waals surface area contributed by atoms with E-state index in [-0.39, 0.29) is 5.41 Å². The van der Waals surface area contributed by atoms with Crippen molar-refractivity contribution in [3.05, 3.63) is 23.3 Å². The zero-order valence-corrected chi connectivity index (χ0v) is 22.6. The van der Waals surface area contributed by atoms with E-state index in [0.29, 0.717) is 30.1 Å². The predicted molar refractivity (Wildman–Crippen MR) is 133 cm³/mol. The number of hydrogen-bond donors (Lipinski definition) is 0. The molecule has 3 unspecified atom stereocenters. The second-order valence-corrected chi connectivity index (χ2v) is 11.7. The summed E-state index contributed by atoms with van der Waals surface area (Å²) >= 11 is 2.54. The van der Waals surface area contributed by atoms with Crippen LogP contribution in [0.25, 0.3) is 0 Å². The highest BCUT2D eigenvalue weighted by molar-refractivity contribution is 14.1. The van der Waals surface area contributed by atoms with Gasteiger partial charge in [0.15, 0.2) is 0 Å². The van der Waals surface area contributed by atoms with Gasteiger partial charge in [0.2, 0.25) is 0 Å². The molecule has 33 heavy (non-hydrogen) atoms. The molecule has 0 heterocycles. The normalized spacial score (nSPS) is 40.2. The molecule has 0 aromatic carbocycles. The number of halogens is 1. The molecule has 4 aliphatic carbocycles. The first-order valence-corrected chi connectivity index (χ1v) is 13.7. The molecule has 184 valence electrons. The zero-order chi connectivity index (χ0) is 24.0. The molecule has 0 radical (unpaired) electrons. The van der Waals surface area contributed by atoms with Crippen LogP contribution in [0.5, 0.6) is 0 Å². The zero-order valence-electron chi connectivity index (χ0n) is 20.4. The number of methoxy groups -OCH3 is 2. The number of carbonyl (C=O) groups is 2. The first-order chi connectivity index (χ1) is 15.7. The number of hydrogen-bond acceptors (Lipinski definition) is 6. The van der Waals surface area contributed by atoms with Crippen molar-refractivity contribution in [3.63, 3.8) is 0 Å². The lowest BCUT2D eigenvalue weighted by molar-refractivity contribution is -0.0829. The molecular formula is C26H37IO6. The van der Waals surface area contributed by atoms with Gasteiger partial charge in [-0.15, -0.1) is 0 Å². The van der Waals surface area contributed by atoms with Gasteiger partial charge in [0.05, 0.1) is 14.2 Å². The minimum atomic E-state index is -0.706. The molecule has 3 fully saturated rings. The second kappa shape index (κ2) is 9.42.